The van der Waals surface area contributed by atoms with Crippen molar-refractivity contribution >= 4 is 11.0 Å². The molecule has 80 valence electrons. The van der Waals surface area contributed by atoms with Gasteiger partial charge in [-0.15, -0.1) is 0 Å². The maximum absolute atomic E-state index is 13.0. The van der Waals surface area contributed by atoms with Gasteiger partial charge in [0, 0.05) is 5.39 Å². The van der Waals surface area contributed by atoms with E-state index in [0.29, 0.717) is 6.54 Å². The first-order chi connectivity index (χ1) is 7.22. The Morgan fingerprint density at radius 2 is 2.20 bits per heavy atom. The molecular weight excluding hydrogens is 193 g/mol. The Labute approximate surface area is 88.1 Å². The summed E-state index contributed by atoms with van der Waals surface area (Å²) in [6.07, 6.45) is 0. The molecule has 2 rings (SSSR count). The summed E-state index contributed by atoms with van der Waals surface area (Å²) >= 11 is 0. The molecule has 0 fully saturated rings. The van der Waals surface area contributed by atoms with Gasteiger partial charge >= 0.3 is 0 Å². The maximum Gasteiger partial charge on any atom is 0.134 e. The summed E-state index contributed by atoms with van der Waals surface area (Å²) in [6.45, 7) is 5.58. The quantitative estimate of drug-likeness (QED) is 0.837. The number of aryl methyl sites for hydroxylation is 1. The van der Waals surface area contributed by atoms with Crippen molar-refractivity contribution in [2.45, 2.75) is 20.4 Å². The number of hydrogen-bond donors (Lipinski definition) is 1. The smallest absolute Gasteiger partial charge is 0.134 e. The maximum atomic E-state index is 13.0. The van der Waals surface area contributed by atoms with E-state index in [1.165, 1.54) is 12.1 Å². The second kappa shape index (κ2) is 4.03. The second-order valence-corrected chi connectivity index (χ2v) is 3.57. The lowest BCUT2D eigenvalue weighted by molar-refractivity contribution is 0.516. The van der Waals surface area contributed by atoms with E-state index < -0.39 is 0 Å². The molecule has 0 saturated carbocycles. The van der Waals surface area contributed by atoms with Gasteiger partial charge in [0.05, 0.1) is 6.54 Å². The average molecular weight is 207 g/mol. The lowest BCUT2D eigenvalue weighted by atomic mass is 10.1. The van der Waals surface area contributed by atoms with Crippen LogP contribution in [-0.2, 0) is 6.54 Å². The molecule has 0 spiro atoms. The Bertz CT molecular complexity index is 476. The van der Waals surface area contributed by atoms with Crippen LogP contribution in [0.5, 0.6) is 0 Å². The Hall–Kier alpha value is -1.35. The summed E-state index contributed by atoms with van der Waals surface area (Å²) < 4.78 is 18.6. The molecule has 15 heavy (non-hydrogen) atoms. The zero-order valence-corrected chi connectivity index (χ0v) is 8.93. The van der Waals surface area contributed by atoms with Gasteiger partial charge in [-0.1, -0.05) is 6.92 Å². The van der Waals surface area contributed by atoms with Crippen molar-refractivity contribution in [1.29, 1.82) is 0 Å². The molecule has 1 aromatic heterocycles. The molecule has 0 radical (unpaired) electrons. The third kappa shape index (κ3) is 1.88. The van der Waals surface area contributed by atoms with Crippen molar-refractivity contribution in [1.82, 2.24) is 5.32 Å². The number of nitrogens with one attached hydrogen (secondary N) is 1. The summed E-state index contributed by atoms with van der Waals surface area (Å²) in [5.74, 6) is 0.666. The SMILES string of the molecule is CCNCc1oc2ccc(F)cc2c1C. The van der Waals surface area contributed by atoms with Gasteiger partial charge in [0.15, 0.2) is 0 Å². The van der Waals surface area contributed by atoms with E-state index in [0.717, 1.165) is 28.8 Å². The predicted octanol–water partition coefficient (Wildman–Crippen LogP) is 2.99. The number of rotatable bonds is 3. The van der Waals surface area contributed by atoms with Gasteiger partial charge in [0.2, 0.25) is 0 Å². The number of fused-ring (bicyclic) bond motifs is 1. The Kier molecular flexibility index (Phi) is 2.73. The molecule has 1 N–H and O–H groups in total. The average Bonchev–Trinajstić information content (AvgIpc) is 2.53. The molecule has 1 heterocycles. The van der Waals surface area contributed by atoms with E-state index in [4.69, 9.17) is 4.42 Å². The standard InChI is InChI=1S/C12H14FNO/c1-3-14-7-12-8(2)10-6-9(13)4-5-11(10)15-12/h4-6,14H,3,7H2,1-2H3. The van der Waals surface area contributed by atoms with E-state index in [-0.39, 0.29) is 5.82 Å². The van der Waals surface area contributed by atoms with Crippen molar-refractivity contribution in [2.24, 2.45) is 0 Å². The van der Waals surface area contributed by atoms with Crippen LogP contribution in [-0.4, -0.2) is 6.54 Å². The van der Waals surface area contributed by atoms with Crippen LogP contribution in [0.1, 0.15) is 18.2 Å². The molecule has 0 saturated heterocycles. The van der Waals surface area contributed by atoms with E-state index in [9.17, 15) is 4.39 Å². The monoisotopic (exact) mass is 207 g/mol. The summed E-state index contributed by atoms with van der Waals surface area (Å²) in [6, 6.07) is 4.61. The molecule has 1 aromatic carbocycles. The Balaban J connectivity index is 2.45. The van der Waals surface area contributed by atoms with Crippen molar-refractivity contribution in [2.75, 3.05) is 6.54 Å². The van der Waals surface area contributed by atoms with Gasteiger partial charge in [0.25, 0.3) is 0 Å². The van der Waals surface area contributed by atoms with Crippen molar-refractivity contribution < 1.29 is 8.81 Å². The highest BCUT2D eigenvalue weighted by atomic mass is 19.1. The summed E-state index contributed by atoms with van der Waals surface area (Å²) in [7, 11) is 0. The molecule has 0 aliphatic heterocycles. The summed E-state index contributed by atoms with van der Waals surface area (Å²) in [5, 5.41) is 4.06. The third-order valence-electron chi connectivity index (χ3n) is 2.53. The molecule has 2 aromatic rings. The van der Waals surface area contributed by atoms with Crippen LogP contribution in [0.25, 0.3) is 11.0 Å². The molecule has 0 bridgehead atoms. The zero-order chi connectivity index (χ0) is 10.8. The van der Waals surface area contributed by atoms with Gasteiger partial charge in [-0.2, -0.15) is 0 Å². The molecule has 3 heteroatoms. The Morgan fingerprint density at radius 1 is 1.40 bits per heavy atom. The first-order valence-corrected chi connectivity index (χ1v) is 5.10. The van der Waals surface area contributed by atoms with Crippen molar-refractivity contribution in [3.63, 3.8) is 0 Å². The van der Waals surface area contributed by atoms with Crippen LogP contribution in [0.2, 0.25) is 0 Å². The topological polar surface area (TPSA) is 25.2 Å². The first-order valence-electron chi connectivity index (χ1n) is 5.10. The highest BCUT2D eigenvalue weighted by Crippen LogP contribution is 2.25. The van der Waals surface area contributed by atoms with Crippen LogP contribution in [0.4, 0.5) is 4.39 Å². The minimum absolute atomic E-state index is 0.221. The number of halogens is 1. The lowest BCUT2D eigenvalue weighted by Crippen LogP contribution is -2.11. The first kappa shape index (κ1) is 10.2. The fraction of sp³-hybridized carbons (Fsp3) is 0.333. The molecule has 2 nitrogen and oxygen atoms in total. The van der Waals surface area contributed by atoms with E-state index in [2.05, 4.69) is 5.32 Å². The Morgan fingerprint density at radius 3 is 2.93 bits per heavy atom. The van der Waals surface area contributed by atoms with Gasteiger partial charge in [-0.3, -0.25) is 0 Å². The zero-order valence-electron chi connectivity index (χ0n) is 8.93. The largest absolute Gasteiger partial charge is 0.459 e. The lowest BCUT2D eigenvalue weighted by Gasteiger charge is -1.97. The van der Waals surface area contributed by atoms with Gasteiger partial charge in [-0.05, 0) is 37.2 Å². The van der Waals surface area contributed by atoms with Crippen LogP contribution < -0.4 is 5.32 Å². The summed E-state index contributed by atoms with van der Waals surface area (Å²) in [5.41, 5.74) is 1.77. The van der Waals surface area contributed by atoms with Crippen molar-refractivity contribution in [3.05, 3.63) is 35.3 Å². The fourth-order valence-electron chi connectivity index (χ4n) is 1.65. The number of furan rings is 1. The second-order valence-electron chi connectivity index (χ2n) is 3.57. The highest BCUT2D eigenvalue weighted by molar-refractivity contribution is 5.81. The van der Waals surface area contributed by atoms with Crippen molar-refractivity contribution in [3.8, 4) is 0 Å². The molecule has 0 aliphatic carbocycles. The molecule has 0 unspecified atom stereocenters. The van der Waals surface area contributed by atoms with Gasteiger partial charge in [-0.25, -0.2) is 4.39 Å². The molecule has 0 aliphatic rings. The van der Waals surface area contributed by atoms with E-state index in [1.807, 2.05) is 13.8 Å². The minimum Gasteiger partial charge on any atom is -0.459 e. The van der Waals surface area contributed by atoms with Crippen LogP contribution >= 0.6 is 0 Å². The molecule has 0 atom stereocenters. The van der Waals surface area contributed by atoms with Crippen LogP contribution in [0.15, 0.2) is 22.6 Å². The molecule has 0 amide bonds. The molecular formula is C12H14FNO. The highest BCUT2D eigenvalue weighted by Gasteiger charge is 2.10. The van der Waals surface area contributed by atoms with E-state index in [1.54, 1.807) is 6.07 Å². The normalized spacial score (nSPS) is 11.1. The number of benzene rings is 1. The van der Waals surface area contributed by atoms with Crippen LogP contribution in [0, 0.1) is 12.7 Å². The third-order valence-corrected chi connectivity index (χ3v) is 2.53. The number of hydrogen-bond acceptors (Lipinski definition) is 2. The minimum atomic E-state index is -0.221. The predicted molar refractivity (Wildman–Crippen MR) is 58.3 cm³/mol. The van der Waals surface area contributed by atoms with Gasteiger partial charge < -0.3 is 9.73 Å². The fourth-order valence-corrected chi connectivity index (χ4v) is 1.65. The summed E-state index contributed by atoms with van der Waals surface area (Å²) in [4.78, 5) is 0. The van der Waals surface area contributed by atoms with E-state index >= 15 is 0 Å². The van der Waals surface area contributed by atoms with Gasteiger partial charge in [0.1, 0.15) is 17.2 Å². The van der Waals surface area contributed by atoms with Crippen LogP contribution in [0.3, 0.4) is 0 Å².